The number of fused-ring (bicyclic) bond motifs is 8. The van der Waals surface area contributed by atoms with Gasteiger partial charge in [-0.1, -0.05) is 24.3 Å². The molecule has 3 amide bonds. The molecule has 6 aliphatic rings. The third kappa shape index (κ3) is 17.4. The lowest BCUT2D eigenvalue weighted by molar-refractivity contribution is -0.151. The number of carboxylic acids is 1. The smallest absolute Gasteiger partial charge is 0.325 e. The minimum absolute atomic E-state index is 0.00837. The molecule has 21 nitrogen and oxygen atoms in total. The molecule has 6 aromatic heterocycles. The molecule has 4 N–H and O–H groups in total. The number of carboxylic acid groups (broad SMARTS) is 1. The van der Waals surface area contributed by atoms with Gasteiger partial charge in [-0.2, -0.15) is 10.2 Å². The predicted octanol–water partition coefficient (Wildman–Crippen LogP) is 8.95. The summed E-state index contributed by atoms with van der Waals surface area (Å²) in [7, 11) is 9.12. The minimum Gasteiger partial charge on any atom is -0.480 e. The second kappa shape index (κ2) is 31.7. The Morgan fingerprint density at radius 1 is 0.596 bits per heavy atom. The van der Waals surface area contributed by atoms with E-state index in [0.717, 1.165) is 52.5 Å². The van der Waals surface area contributed by atoms with Crippen LogP contribution >= 0.6 is 31.9 Å². The Balaban J connectivity index is 0.000000162. The summed E-state index contributed by atoms with van der Waals surface area (Å²) < 4.78 is 4.26. The number of aryl methyl sites for hydroxylation is 2. The number of nitrogens with one attached hydrogen (secondary N) is 3. The number of anilines is 2. The number of rotatable bonds is 12. The van der Waals surface area contributed by atoms with E-state index in [1.807, 2.05) is 55.5 Å². The van der Waals surface area contributed by atoms with Crippen LogP contribution in [0.5, 0.6) is 0 Å². The molecule has 464 valence electrons. The number of piperidine rings is 4. The molecule has 2 aliphatic carbocycles. The molecule has 4 bridgehead atoms. The van der Waals surface area contributed by atoms with Crippen molar-refractivity contribution in [3.8, 4) is 22.3 Å². The van der Waals surface area contributed by atoms with Gasteiger partial charge in [-0.05, 0) is 169 Å². The number of aromatic nitrogens is 10. The predicted molar refractivity (Wildman–Crippen MR) is 368 cm³/mol. The first kappa shape index (κ1) is 67.1. The number of ketones is 2. The second-order valence-corrected chi connectivity index (χ2v) is 33.4. The van der Waals surface area contributed by atoms with Crippen LogP contribution in [0.4, 0.5) is 11.6 Å². The van der Waals surface area contributed by atoms with Crippen LogP contribution in [0.1, 0.15) is 97.8 Å². The van der Waals surface area contributed by atoms with Crippen LogP contribution < -0.4 is 16.0 Å². The maximum Gasteiger partial charge on any atom is 0.325 e. The van der Waals surface area contributed by atoms with Crippen molar-refractivity contribution in [1.29, 1.82) is 0 Å². The molecule has 6 fully saturated rings. The largest absolute Gasteiger partial charge is 0.480 e. The Hall–Kier alpha value is -6.26. The summed E-state index contributed by atoms with van der Waals surface area (Å²) in [4.78, 5) is 102. The summed E-state index contributed by atoms with van der Waals surface area (Å²) >= 11 is 15.9. The Labute approximate surface area is 555 Å². The van der Waals surface area contributed by atoms with Gasteiger partial charge in [0, 0.05) is 148 Å². The Kier molecular flexibility index (Phi) is 23.9. The monoisotopic (exact) mass is 1480 g/mol. The molecule has 0 unspecified atom stereocenters. The van der Waals surface area contributed by atoms with Crippen LogP contribution in [0.2, 0.25) is 0 Å². The standard InChI is InChI=1S/C29H28BrN7O3.C16H14N4O3.C13H16BrN3O.S8/c1-16(38)27-22-12-19(20-13-31-17(2)32-14-20)8-11-23(22)36(35-27)15-26(39)37-21-9-6-18(7-10-21)28(37)29(40)34-25-5-3-4-24(30)33-25;1-9(21)16-13-5-11(12-6-17-10(2)18-7-12)3-4-14(13)20(19-16)8-15(22)23;14-10-2-1-3-11(16-10)17-13(18)12-8-4-6-9(15-12)7-5-8;1-3-5-7-8-6-4-2/h3-5,8,11-14,18,21,28H,6-7,9-10,15H2,1-2H3,(H,33,34,40);3-7H,8H2,1-2H3,(H,22,23);1-3,8-9,12,15H,4-7H2,(H,16,17,18);/t18?,21?,28-;;8?,9?,12-;/m0.0./s1. The lowest BCUT2D eigenvalue weighted by Gasteiger charge is -2.50. The van der Waals surface area contributed by atoms with Gasteiger partial charge in [0.2, 0.25) is 17.7 Å². The molecule has 0 radical (unpaired) electrons. The highest BCUT2D eigenvalue weighted by Crippen LogP contribution is 2.41. The van der Waals surface area contributed by atoms with Gasteiger partial charge in [-0.15, -0.1) is 0 Å². The van der Waals surface area contributed by atoms with E-state index in [-0.39, 0.29) is 66.1 Å². The molecule has 2 saturated carbocycles. The summed E-state index contributed by atoms with van der Waals surface area (Å²) in [6.45, 7) is 6.14. The number of carbonyl (C=O) groups is 6. The SMILES string of the molecule is CC(=O)c1nn(CC(=O)N2C3CCC(CC3)[C@H]2C(=O)Nc2cccc(Br)n2)c2ccc(-c3cnc(C)nc3)cc12.CC(=O)c1nn(CC(=O)O)c2ccc(-c3cnc(C)nc3)cc12.O=C(Nc1cccc(Br)n1)[C@H]1NC2CCC1CC2.S=S=S=S=S=S=S=S. The normalized spacial score (nSPS) is 18.5. The summed E-state index contributed by atoms with van der Waals surface area (Å²) in [5, 5.41) is 28.2. The Morgan fingerprint density at radius 2 is 1.06 bits per heavy atom. The lowest BCUT2D eigenvalue weighted by Crippen LogP contribution is -2.62. The van der Waals surface area contributed by atoms with Crippen molar-refractivity contribution in [3.05, 3.63) is 130 Å². The number of nitrogens with zero attached hydrogens (tertiary/aromatic N) is 11. The number of benzene rings is 2. The zero-order chi connectivity index (χ0) is 63.3. The molecule has 4 saturated heterocycles. The van der Waals surface area contributed by atoms with Crippen molar-refractivity contribution in [1.82, 2.24) is 59.7 Å². The van der Waals surface area contributed by atoms with E-state index in [9.17, 15) is 28.8 Å². The van der Waals surface area contributed by atoms with Crippen molar-refractivity contribution >= 4 is 176 Å². The average Bonchev–Trinajstić information content (AvgIpc) is 2.14. The van der Waals surface area contributed by atoms with Crippen LogP contribution in [0.3, 0.4) is 0 Å². The van der Waals surface area contributed by atoms with Crippen LogP contribution in [-0.2, 0) is 108 Å². The van der Waals surface area contributed by atoms with E-state index >= 15 is 0 Å². The number of halogens is 2. The molecule has 0 spiro atoms. The van der Waals surface area contributed by atoms with Gasteiger partial charge in [-0.3, -0.25) is 38.1 Å². The summed E-state index contributed by atoms with van der Waals surface area (Å²) in [6.07, 6.45) is 15.2. The number of carbonyl (C=O) groups excluding carboxylic acids is 5. The van der Waals surface area contributed by atoms with Crippen LogP contribution in [0.15, 0.2) is 107 Å². The van der Waals surface area contributed by atoms with Gasteiger partial charge in [0.25, 0.3) is 0 Å². The van der Waals surface area contributed by atoms with Crippen molar-refractivity contribution in [3.63, 3.8) is 0 Å². The highest BCUT2D eigenvalue weighted by atomic mass is 79.9. The molecular weight excluding hydrogens is 1420 g/mol. The topological polar surface area (TPSA) is 275 Å². The number of aliphatic carboxylic acids is 1. The van der Waals surface area contributed by atoms with Gasteiger partial charge in [0.1, 0.15) is 63.0 Å². The third-order valence-electron chi connectivity index (χ3n) is 15.4. The number of amides is 3. The first-order valence-electron chi connectivity index (χ1n) is 27.9. The van der Waals surface area contributed by atoms with Gasteiger partial charge in [-0.25, -0.2) is 29.9 Å². The van der Waals surface area contributed by atoms with E-state index < -0.39 is 12.0 Å². The maximum absolute atomic E-state index is 13.9. The molecule has 8 aromatic rings. The fourth-order valence-corrected chi connectivity index (χ4v) is 23.1. The molecule has 14 rings (SSSR count). The van der Waals surface area contributed by atoms with E-state index in [2.05, 4.69) is 110 Å². The van der Waals surface area contributed by atoms with E-state index in [4.69, 9.17) is 5.11 Å². The summed E-state index contributed by atoms with van der Waals surface area (Å²) in [5.74, 6) is 1.19. The van der Waals surface area contributed by atoms with Crippen molar-refractivity contribution in [2.45, 2.75) is 116 Å². The first-order chi connectivity index (χ1) is 42.9. The Bertz CT molecular complexity index is 4250. The molecule has 89 heavy (non-hydrogen) atoms. The second-order valence-electron chi connectivity index (χ2n) is 21.2. The number of Topliss-reactive ketones (excluding diaryl/α,β-unsaturated/α-hetero) is 2. The highest BCUT2D eigenvalue weighted by molar-refractivity contribution is 9.10. The fraction of sp³-hybridized carbons (Fsp3) is 0.345. The van der Waals surface area contributed by atoms with Crippen molar-refractivity contribution < 1.29 is 33.9 Å². The van der Waals surface area contributed by atoms with Gasteiger partial charge >= 0.3 is 5.97 Å². The van der Waals surface area contributed by atoms with Crippen LogP contribution in [0, 0.1) is 25.7 Å². The van der Waals surface area contributed by atoms with Crippen LogP contribution in [-0.4, -0.2) is 119 Å². The molecular formula is C58H58Br2N14O7S8. The maximum atomic E-state index is 13.9. The van der Waals surface area contributed by atoms with Crippen molar-refractivity contribution in [2.24, 2.45) is 11.8 Å². The van der Waals surface area contributed by atoms with Gasteiger partial charge in [0.15, 0.2) is 11.6 Å². The van der Waals surface area contributed by atoms with E-state index in [1.54, 1.807) is 101 Å². The fourth-order valence-electron chi connectivity index (χ4n) is 11.5. The molecule has 2 aromatic carbocycles. The highest BCUT2D eigenvalue weighted by Gasteiger charge is 2.48. The molecule has 10 heterocycles. The zero-order valence-electron chi connectivity index (χ0n) is 48.1. The van der Waals surface area contributed by atoms with E-state index in [1.165, 1.54) is 62.0 Å². The number of hydrogen-bond acceptors (Lipinski definition) is 17. The summed E-state index contributed by atoms with van der Waals surface area (Å²) in [5.41, 5.74) is 5.18. The first-order valence-corrected chi connectivity index (χ1v) is 38.8. The van der Waals surface area contributed by atoms with Gasteiger partial charge < -0.3 is 26.0 Å². The zero-order valence-corrected chi connectivity index (χ0v) is 57.8. The Morgan fingerprint density at radius 3 is 1.48 bits per heavy atom. The number of hydrogen-bond donors (Lipinski definition) is 4. The quantitative estimate of drug-likeness (QED) is 0.0656. The molecule has 2 atom stereocenters. The lowest BCUT2D eigenvalue weighted by atomic mass is 9.74. The average molecular weight is 1480 g/mol. The number of pyridine rings is 2. The van der Waals surface area contributed by atoms with E-state index in [0.29, 0.717) is 67.3 Å². The molecule has 31 heteroatoms. The molecule has 4 aliphatic heterocycles. The van der Waals surface area contributed by atoms with Crippen LogP contribution in [0.25, 0.3) is 44.1 Å². The summed E-state index contributed by atoms with van der Waals surface area (Å²) in [6, 6.07) is 21.8. The third-order valence-corrected chi connectivity index (χ3v) is 27.4. The minimum atomic E-state index is -1.01. The van der Waals surface area contributed by atoms with Crippen molar-refractivity contribution in [2.75, 3.05) is 10.6 Å². The van der Waals surface area contributed by atoms with Gasteiger partial charge in [0.05, 0.1) is 17.1 Å².